The minimum absolute atomic E-state index is 0.0961. The highest BCUT2D eigenvalue weighted by Gasteiger charge is 2.25. The lowest BCUT2D eigenvalue weighted by molar-refractivity contribution is 0.192. The van der Waals surface area contributed by atoms with Gasteiger partial charge in [0.15, 0.2) is 0 Å². The maximum Gasteiger partial charge on any atom is 0.242 e. The van der Waals surface area contributed by atoms with Crippen molar-refractivity contribution >= 4 is 31.6 Å². The SMILES string of the molecule is Nc1ccc(Br)cc1S(=O)(=O)NC1CCOC1. The Morgan fingerprint density at radius 3 is 2.88 bits per heavy atom. The minimum atomic E-state index is -3.58. The van der Waals surface area contributed by atoms with Crippen molar-refractivity contribution in [1.29, 1.82) is 0 Å². The Hall–Kier alpha value is -0.630. The maximum absolute atomic E-state index is 12.1. The molecule has 94 valence electrons. The summed E-state index contributed by atoms with van der Waals surface area (Å²) in [6, 6.07) is 4.59. The monoisotopic (exact) mass is 320 g/mol. The van der Waals surface area contributed by atoms with Crippen LogP contribution in [0.25, 0.3) is 0 Å². The summed E-state index contributed by atoms with van der Waals surface area (Å²) in [5.41, 5.74) is 5.91. The van der Waals surface area contributed by atoms with Gasteiger partial charge in [-0.1, -0.05) is 15.9 Å². The van der Waals surface area contributed by atoms with Crippen molar-refractivity contribution in [1.82, 2.24) is 4.72 Å². The Morgan fingerprint density at radius 1 is 1.47 bits per heavy atom. The first-order chi connectivity index (χ1) is 7.99. The molecule has 5 nitrogen and oxygen atoms in total. The first kappa shape index (κ1) is 12.8. The van der Waals surface area contributed by atoms with E-state index in [1.54, 1.807) is 12.1 Å². The summed E-state index contributed by atoms with van der Waals surface area (Å²) >= 11 is 3.23. The second-order valence-electron chi connectivity index (χ2n) is 3.86. The molecule has 17 heavy (non-hydrogen) atoms. The molecule has 0 saturated carbocycles. The molecule has 1 aliphatic rings. The van der Waals surface area contributed by atoms with E-state index in [1.807, 2.05) is 0 Å². The van der Waals surface area contributed by atoms with Crippen molar-refractivity contribution in [3.63, 3.8) is 0 Å². The van der Waals surface area contributed by atoms with E-state index in [9.17, 15) is 8.42 Å². The van der Waals surface area contributed by atoms with Crippen LogP contribution in [0.1, 0.15) is 6.42 Å². The summed E-state index contributed by atoms with van der Waals surface area (Å²) in [5.74, 6) is 0. The third-order valence-electron chi connectivity index (χ3n) is 2.52. The Morgan fingerprint density at radius 2 is 2.24 bits per heavy atom. The molecule has 0 aromatic heterocycles. The van der Waals surface area contributed by atoms with Gasteiger partial charge in [-0.3, -0.25) is 0 Å². The molecule has 1 heterocycles. The molecule has 1 unspecified atom stereocenters. The average molecular weight is 321 g/mol. The number of nitrogens with one attached hydrogen (secondary N) is 1. The van der Waals surface area contributed by atoms with E-state index in [1.165, 1.54) is 6.07 Å². The van der Waals surface area contributed by atoms with Gasteiger partial charge in [0.05, 0.1) is 12.3 Å². The molecule has 0 spiro atoms. The Labute approximate surface area is 109 Å². The molecule has 0 bridgehead atoms. The van der Waals surface area contributed by atoms with Crippen LogP contribution in [0.4, 0.5) is 5.69 Å². The van der Waals surface area contributed by atoms with Crippen molar-refractivity contribution in [2.45, 2.75) is 17.4 Å². The fraction of sp³-hybridized carbons (Fsp3) is 0.400. The molecule has 2 rings (SSSR count). The summed E-state index contributed by atoms with van der Waals surface area (Å²) in [7, 11) is -3.58. The molecule has 1 fully saturated rings. The minimum Gasteiger partial charge on any atom is -0.398 e. The first-order valence-corrected chi connectivity index (χ1v) is 7.42. The molecule has 1 aromatic rings. The topological polar surface area (TPSA) is 81.4 Å². The molecule has 0 amide bonds. The standard InChI is InChI=1S/C10H13BrN2O3S/c11-7-1-2-9(12)10(5-7)17(14,15)13-8-3-4-16-6-8/h1-2,5,8,13H,3-4,6,12H2. The van der Waals surface area contributed by atoms with Crippen LogP contribution in [-0.2, 0) is 14.8 Å². The molecule has 1 atom stereocenters. The summed E-state index contributed by atoms with van der Waals surface area (Å²) in [4.78, 5) is 0.0961. The summed E-state index contributed by atoms with van der Waals surface area (Å²) in [5, 5.41) is 0. The largest absolute Gasteiger partial charge is 0.398 e. The molecule has 0 radical (unpaired) electrons. The average Bonchev–Trinajstić information content (AvgIpc) is 2.73. The molecule has 3 N–H and O–H groups in total. The highest BCUT2D eigenvalue weighted by molar-refractivity contribution is 9.10. The molecular formula is C10H13BrN2O3S. The number of benzene rings is 1. The summed E-state index contributed by atoms with van der Waals surface area (Å²) < 4.78 is 32.6. The maximum atomic E-state index is 12.1. The third-order valence-corrected chi connectivity index (χ3v) is 4.59. The van der Waals surface area contributed by atoms with Crippen molar-refractivity contribution in [3.8, 4) is 0 Å². The lowest BCUT2D eigenvalue weighted by Gasteiger charge is -2.13. The van der Waals surface area contributed by atoms with Crippen LogP contribution >= 0.6 is 15.9 Å². The zero-order valence-electron chi connectivity index (χ0n) is 9.02. The van der Waals surface area contributed by atoms with Gasteiger partial charge in [0.1, 0.15) is 4.90 Å². The van der Waals surface area contributed by atoms with Crippen LogP contribution in [0.5, 0.6) is 0 Å². The van der Waals surface area contributed by atoms with E-state index in [2.05, 4.69) is 20.7 Å². The van der Waals surface area contributed by atoms with E-state index >= 15 is 0 Å². The first-order valence-electron chi connectivity index (χ1n) is 5.14. The van der Waals surface area contributed by atoms with Crippen LogP contribution in [0.2, 0.25) is 0 Å². The van der Waals surface area contributed by atoms with Crippen LogP contribution in [-0.4, -0.2) is 27.7 Å². The smallest absolute Gasteiger partial charge is 0.242 e. The number of nitrogen functional groups attached to an aromatic ring is 1. The number of nitrogens with two attached hydrogens (primary N) is 1. The highest BCUT2D eigenvalue weighted by atomic mass is 79.9. The van der Waals surface area contributed by atoms with Crippen molar-refractivity contribution in [2.75, 3.05) is 18.9 Å². The highest BCUT2D eigenvalue weighted by Crippen LogP contribution is 2.23. The van der Waals surface area contributed by atoms with Crippen LogP contribution in [0.3, 0.4) is 0 Å². The molecule has 1 aliphatic heterocycles. The Kier molecular flexibility index (Phi) is 3.72. The van der Waals surface area contributed by atoms with Gasteiger partial charge in [0, 0.05) is 17.1 Å². The second-order valence-corrected chi connectivity index (χ2v) is 6.46. The number of rotatable bonds is 3. The van der Waals surface area contributed by atoms with E-state index in [-0.39, 0.29) is 16.6 Å². The van der Waals surface area contributed by atoms with Crippen molar-refractivity contribution in [2.24, 2.45) is 0 Å². The normalized spacial score (nSPS) is 20.6. The number of hydrogen-bond acceptors (Lipinski definition) is 4. The summed E-state index contributed by atoms with van der Waals surface area (Å²) in [6.45, 7) is 0.994. The van der Waals surface area contributed by atoms with Gasteiger partial charge >= 0.3 is 0 Å². The van der Waals surface area contributed by atoms with Gasteiger partial charge in [0.2, 0.25) is 10.0 Å². The van der Waals surface area contributed by atoms with E-state index in [0.29, 0.717) is 24.1 Å². The lowest BCUT2D eigenvalue weighted by Crippen LogP contribution is -2.35. The molecule has 1 saturated heterocycles. The molecular weight excluding hydrogens is 308 g/mol. The van der Waals surface area contributed by atoms with Crippen LogP contribution in [0.15, 0.2) is 27.6 Å². The zero-order valence-corrected chi connectivity index (χ0v) is 11.4. The number of halogens is 1. The summed E-state index contributed by atoms with van der Waals surface area (Å²) in [6.07, 6.45) is 0.688. The zero-order chi connectivity index (χ0) is 12.5. The lowest BCUT2D eigenvalue weighted by atomic mass is 10.3. The van der Waals surface area contributed by atoms with Crippen molar-refractivity contribution in [3.05, 3.63) is 22.7 Å². The van der Waals surface area contributed by atoms with Crippen LogP contribution < -0.4 is 10.5 Å². The van der Waals surface area contributed by atoms with Gasteiger partial charge in [0.25, 0.3) is 0 Å². The quantitative estimate of drug-likeness (QED) is 0.817. The van der Waals surface area contributed by atoms with Gasteiger partial charge in [-0.05, 0) is 24.6 Å². The number of ether oxygens (including phenoxy) is 1. The second kappa shape index (κ2) is 4.93. The van der Waals surface area contributed by atoms with Gasteiger partial charge < -0.3 is 10.5 Å². The number of anilines is 1. The van der Waals surface area contributed by atoms with Gasteiger partial charge in [-0.15, -0.1) is 0 Å². The van der Waals surface area contributed by atoms with Gasteiger partial charge in [-0.25, -0.2) is 13.1 Å². The molecule has 0 aliphatic carbocycles. The number of sulfonamides is 1. The predicted octanol–water partition coefficient (Wildman–Crippen LogP) is 1.10. The number of hydrogen-bond donors (Lipinski definition) is 2. The van der Waals surface area contributed by atoms with Gasteiger partial charge in [-0.2, -0.15) is 0 Å². The third kappa shape index (κ3) is 2.98. The molecule has 7 heteroatoms. The predicted molar refractivity (Wildman–Crippen MR) is 68.1 cm³/mol. The molecule has 1 aromatic carbocycles. The van der Waals surface area contributed by atoms with E-state index < -0.39 is 10.0 Å². The Balaban J connectivity index is 2.27. The van der Waals surface area contributed by atoms with E-state index in [4.69, 9.17) is 10.5 Å². The Bertz CT molecular complexity index is 512. The fourth-order valence-corrected chi connectivity index (χ4v) is 3.58. The fourth-order valence-electron chi connectivity index (χ4n) is 1.65. The van der Waals surface area contributed by atoms with Crippen LogP contribution in [0, 0.1) is 0 Å². The van der Waals surface area contributed by atoms with Crippen molar-refractivity contribution < 1.29 is 13.2 Å². The van der Waals surface area contributed by atoms with E-state index in [0.717, 1.165) is 0 Å².